The first-order chi connectivity index (χ1) is 5.41. The molecule has 0 aliphatic heterocycles. The second kappa shape index (κ2) is 10.7. The Morgan fingerprint density at radius 2 is 1.73 bits per heavy atom. The summed E-state index contributed by atoms with van der Waals surface area (Å²) in [5.74, 6) is 0. The summed E-state index contributed by atoms with van der Waals surface area (Å²) >= 11 is 0. The third-order valence-corrected chi connectivity index (χ3v) is 8.52. The molecular formula is C8H18Si3. The lowest BCUT2D eigenvalue weighted by atomic mass is 10.2. The molecule has 0 aliphatic rings. The quantitative estimate of drug-likeness (QED) is 0.415. The van der Waals surface area contributed by atoms with Gasteiger partial charge in [0.15, 0.2) is 0 Å². The van der Waals surface area contributed by atoms with Gasteiger partial charge in [-0.1, -0.05) is 51.6 Å². The number of unbranched alkanes of at least 4 members (excludes halogenated alkanes) is 4. The van der Waals surface area contributed by atoms with Crippen LogP contribution in [0.1, 0.15) is 39.0 Å². The van der Waals surface area contributed by atoms with Crippen molar-refractivity contribution >= 4 is 26.6 Å². The Labute approximate surface area is 78.6 Å². The Morgan fingerprint density at radius 1 is 1.00 bits per heavy atom. The maximum absolute atomic E-state index is 2.32. The third-order valence-electron chi connectivity index (χ3n) is 1.62. The van der Waals surface area contributed by atoms with E-state index in [0.29, 0.717) is 0 Å². The van der Waals surface area contributed by atoms with Crippen LogP contribution in [0.25, 0.3) is 0 Å². The average molecular weight is 198 g/mol. The summed E-state index contributed by atoms with van der Waals surface area (Å²) in [5.41, 5.74) is 0. The summed E-state index contributed by atoms with van der Waals surface area (Å²) in [6.45, 7) is 4.60. The fraction of sp³-hybridized carbons (Fsp3) is 1.00. The van der Waals surface area contributed by atoms with Gasteiger partial charge >= 0.3 is 0 Å². The fourth-order valence-corrected chi connectivity index (χ4v) is 5.85. The van der Waals surface area contributed by atoms with Crippen molar-refractivity contribution < 1.29 is 0 Å². The standard InChI is InChI=1S/C8H18Si3/c1-3-4-5-6-7-8-10-11-9-2/h3-8H2,1-2H3. The summed E-state index contributed by atoms with van der Waals surface area (Å²) in [6, 6.07) is 1.52. The highest BCUT2D eigenvalue weighted by Crippen LogP contribution is 2.04. The topological polar surface area (TPSA) is 0 Å². The van der Waals surface area contributed by atoms with Crippen molar-refractivity contribution in [3.63, 3.8) is 0 Å². The van der Waals surface area contributed by atoms with Crippen LogP contribution in [0.15, 0.2) is 0 Å². The van der Waals surface area contributed by atoms with E-state index in [2.05, 4.69) is 13.5 Å². The zero-order valence-corrected chi connectivity index (χ0v) is 10.7. The first-order valence-electron chi connectivity index (χ1n) is 4.56. The molecule has 62 valence electrons. The van der Waals surface area contributed by atoms with Gasteiger partial charge in [0.2, 0.25) is 0 Å². The largest absolute Gasteiger partial charge is 0.0761 e. The predicted molar refractivity (Wildman–Crippen MR) is 56.7 cm³/mol. The molecule has 0 heterocycles. The Hall–Kier alpha value is 0.651. The Balaban J connectivity index is 2.69. The van der Waals surface area contributed by atoms with Crippen molar-refractivity contribution in [2.45, 2.75) is 51.6 Å². The molecule has 0 atom stereocenters. The van der Waals surface area contributed by atoms with E-state index in [9.17, 15) is 0 Å². The van der Waals surface area contributed by atoms with E-state index in [0.717, 1.165) is 0 Å². The minimum Gasteiger partial charge on any atom is -0.0761 e. The van der Waals surface area contributed by atoms with Crippen molar-refractivity contribution in [1.82, 2.24) is 0 Å². The summed E-state index contributed by atoms with van der Waals surface area (Å²) in [6.07, 6.45) is 7.27. The van der Waals surface area contributed by atoms with Gasteiger partial charge in [-0.15, -0.1) is 0 Å². The van der Waals surface area contributed by atoms with E-state index < -0.39 is 0 Å². The van der Waals surface area contributed by atoms with Crippen LogP contribution in [0.4, 0.5) is 0 Å². The van der Waals surface area contributed by atoms with Crippen LogP contribution in [0.2, 0.25) is 12.6 Å². The molecule has 0 spiro atoms. The van der Waals surface area contributed by atoms with Crippen molar-refractivity contribution in [3.05, 3.63) is 0 Å². The van der Waals surface area contributed by atoms with Crippen molar-refractivity contribution in [2.24, 2.45) is 0 Å². The summed E-state index contributed by atoms with van der Waals surface area (Å²) in [5, 5.41) is 0. The molecule has 11 heavy (non-hydrogen) atoms. The Bertz CT molecular complexity index is 58.4. The van der Waals surface area contributed by atoms with Gasteiger partial charge in [0.05, 0.1) is 0 Å². The van der Waals surface area contributed by atoms with Crippen LogP contribution < -0.4 is 0 Å². The van der Waals surface area contributed by atoms with Crippen molar-refractivity contribution in [2.75, 3.05) is 0 Å². The van der Waals surface area contributed by atoms with E-state index in [4.69, 9.17) is 0 Å². The van der Waals surface area contributed by atoms with Crippen LogP contribution in [0.5, 0.6) is 0 Å². The van der Waals surface area contributed by atoms with Gasteiger partial charge in [-0.2, -0.15) is 0 Å². The fourth-order valence-electron chi connectivity index (χ4n) is 0.968. The van der Waals surface area contributed by atoms with E-state index >= 15 is 0 Å². The minimum atomic E-state index is 1.21. The van der Waals surface area contributed by atoms with Crippen molar-refractivity contribution in [3.8, 4) is 0 Å². The Morgan fingerprint density at radius 3 is 2.36 bits per heavy atom. The molecule has 0 amide bonds. The molecule has 0 saturated carbocycles. The second-order valence-electron chi connectivity index (χ2n) is 2.72. The van der Waals surface area contributed by atoms with Gasteiger partial charge in [0, 0.05) is 26.6 Å². The van der Waals surface area contributed by atoms with E-state index in [-0.39, 0.29) is 0 Å². The van der Waals surface area contributed by atoms with Gasteiger partial charge in [-0.25, -0.2) is 0 Å². The molecule has 0 nitrogen and oxygen atoms in total. The molecule has 0 unspecified atom stereocenters. The van der Waals surface area contributed by atoms with Crippen LogP contribution in [-0.4, -0.2) is 26.6 Å². The summed E-state index contributed by atoms with van der Waals surface area (Å²) in [4.78, 5) is 0. The highest BCUT2D eigenvalue weighted by Gasteiger charge is 1.90. The third kappa shape index (κ3) is 10.7. The lowest BCUT2D eigenvalue weighted by Gasteiger charge is -1.97. The highest BCUT2D eigenvalue weighted by atomic mass is 29.5. The Kier molecular flexibility index (Phi) is 11.3. The number of hydrogen-bond donors (Lipinski definition) is 0. The first-order valence-corrected chi connectivity index (χ1v) is 10.3. The van der Waals surface area contributed by atoms with Gasteiger partial charge in [0.25, 0.3) is 0 Å². The van der Waals surface area contributed by atoms with E-state index in [1.54, 1.807) is 0 Å². The smallest absolute Gasteiger partial charge is 0.0183 e. The van der Waals surface area contributed by atoms with Crippen LogP contribution in [0.3, 0.4) is 0 Å². The van der Waals surface area contributed by atoms with E-state index in [1.165, 1.54) is 64.8 Å². The van der Waals surface area contributed by atoms with Crippen LogP contribution in [0, 0.1) is 0 Å². The van der Waals surface area contributed by atoms with Gasteiger partial charge in [0.1, 0.15) is 0 Å². The molecule has 0 aliphatic carbocycles. The molecule has 0 rings (SSSR count). The normalized spacial score (nSPS) is 10.4. The second-order valence-corrected chi connectivity index (χ2v) is 9.88. The minimum absolute atomic E-state index is 1.21. The number of rotatable bonds is 8. The lowest BCUT2D eigenvalue weighted by Crippen LogP contribution is -2.08. The zero-order chi connectivity index (χ0) is 8.36. The maximum atomic E-state index is 2.32. The lowest BCUT2D eigenvalue weighted by molar-refractivity contribution is 0.656. The molecule has 0 bridgehead atoms. The van der Waals surface area contributed by atoms with Gasteiger partial charge in [-0.05, 0) is 0 Å². The van der Waals surface area contributed by atoms with Gasteiger partial charge in [-0.3, -0.25) is 0 Å². The van der Waals surface area contributed by atoms with E-state index in [1.807, 2.05) is 0 Å². The molecule has 6 radical (unpaired) electrons. The molecule has 3 heteroatoms. The van der Waals surface area contributed by atoms with Crippen LogP contribution in [-0.2, 0) is 0 Å². The van der Waals surface area contributed by atoms with Crippen molar-refractivity contribution in [1.29, 1.82) is 0 Å². The predicted octanol–water partition coefficient (Wildman–Crippen LogP) is 2.37. The molecule has 0 aromatic heterocycles. The SMILES string of the molecule is CCCCCCC[Si][Si][Si]C. The molecule has 0 fully saturated rings. The number of hydrogen-bond acceptors (Lipinski definition) is 0. The van der Waals surface area contributed by atoms with Crippen LogP contribution >= 0.6 is 0 Å². The monoisotopic (exact) mass is 198 g/mol. The van der Waals surface area contributed by atoms with Gasteiger partial charge < -0.3 is 0 Å². The molecule has 0 N–H and O–H groups in total. The molecule has 0 aromatic carbocycles. The highest BCUT2D eigenvalue weighted by molar-refractivity contribution is 7.29. The zero-order valence-electron chi connectivity index (χ0n) is 7.74. The molecule has 0 aromatic rings. The molecule has 0 saturated heterocycles. The summed E-state index contributed by atoms with van der Waals surface area (Å²) in [7, 11) is 3.78. The first kappa shape index (κ1) is 11.7. The maximum Gasteiger partial charge on any atom is 0.0183 e. The average Bonchev–Trinajstić information content (AvgIpc) is 2.03. The summed E-state index contributed by atoms with van der Waals surface area (Å²) < 4.78 is 0. The molecular weight excluding hydrogens is 180 g/mol.